The third-order valence-corrected chi connectivity index (χ3v) is 5.13. The van der Waals surface area contributed by atoms with Gasteiger partial charge in [-0.05, 0) is 40.7 Å². The Labute approximate surface area is 199 Å². The van der Waals surface area contributed by atoms with Gasteiger partial charge in [-0.3, -0.25) is 4.79 Å². The van der Waals surface area contributed by atoms with E-state index in [1.165, 1.54) is 19.1 Å². The van der Waals surface area contributed by atoms with E-state index in [-0.39, 0.29) is 25.2 Å². The van der Waals surface area contributed by atoms with Gasteiger partial charge >= 0.3 is 23.9 Å². The molecule has 0 fully saturated rings. The van der Waals surface area contributed by atoms with Crippen LogP contribution in [-0.4, -0.2) is 35.1 Å². The minimum atomic E-state index is -0.679. The van der Waals surface area contributed by atoms with Crippen molar-refractivity contribution in [1.29, 1.82) is 0 Å². The highest BCUT2D eigenvalue weighted by molar-refractivity contribution is 5.90. The molecular formula is C25H31NO8. The molecule has 0 saturated heterocycles. The first-order chi connectivity index (χ1) is 16.1. The number of hydrogen-bond acceptors (Lipinski definition) is 8. The van der Waals surface area contributed by atoms with Gasteiger partial charge in [0.25, 0.3) is 0 Å². The van der Waals surface area contributed by atoms with Gasteiger partial charge in [0.1, 0.15) is 19.3 Å². The molecule has 34 heavy (non-hydrogen) atoms. The average molecular weight is 474 g/mol. The second-order valence-corrected chi connectivity index (χ2v) is 8.02. The van der Waals surface area contributed by atoms with Gasteiger partial charge in [-0.1, -0.05) is 17.7 Å². The third kappa shape index (κ3) is 6.94. The first-order valence-electron chi connectivity index (χ1n) is 10.9. The van der Waals surface area contributed by atoms with Crippen LogP contribution in [0.2, 0.25) is 0 Å². The van der Waals surface area contributed by atoms with Crippen LogP contribution in [0, 0.1) is 0 Å². The van der Waals surface area contributed by atoms with Crippen molar-refractivity contribution in [3.8, 4) is 0 Å². The normalized spacial score (nSPS) is 17.5. The van der Waals surface area contributed by atoms with Crippen molar-refractivity contribution < 1.29 is 38.1 Å². The summed E-state index contributed by atoms with van der Waals surface area (Å²) in [6.45, 7) is 9.52. The van der Waals surface area contributed by atoms with Crippen LogP contribution in [0.25, 0.3) is 0 Å². The third-order valence-electron chi connectivity index (χ3n) is 5.13. The van der Waals surface area contributed by atoms with Crippen LogP contribution < -0.4 is 0 Å². The number of fused-ring (bicyclic) bond motifs is 1. The van der Waals surface area contributed by atoms with Gasteiger partial charge in [0.05, 0.1) is 11.3 Å². The van der Waals surface area contributed by atoms with Gasteiger partial charge in [0.15, 0.2) is 6.23 Å². The summed E-state index contributed by atoms with van der Waals surface area (Å²) in [7, 11) is 0. The topological polar surface area (TPSA) is 110 Å². The lowest BCUT2D eigenvalue weighted by molar-refractivity contribution is -0.153. The van der Waals surface area contributed by atoms with Gasteiger partial charge in [0.2, 0.25) is 0 Å². The first-order valence-corrected chi connectivity index (χ1v) is 10.9. The molecule has 0 unspecified atom stereocenters. The van der Waals surface area contributed by atoms with Crippen molar-refractivity contribution in [3.05, 3.63) is 58.5 Å². The van der Waals surface area contributed by atoms with Gasteiger partial charge in [-0.2, -0.15) is 0 Å². The molecule has 2 heterocycles. The highest BCUT2D eigenvalue weighted by atomic mass is 16.6. The Balaban J connectivity index is 2.14. The van der Waals surface area contributed by atoms with Crippen molar-refractivity contribution >= 4 is 23.9 Å². The van der Waals surface area contributed by atoms with Crippen molar-refractivity contribution in [2.45, 2.75) is 66.9 Å². The molecule has 9 nitrogen and oxygen atoms in total. The number of rotatable bonds is 9. The number of esters is 4. The summed E-state index contributed by atoms with van der Waals surface area (Å²) in [6, 6.07) is 1.71. The highest BCUT2D eigenvalue weighted by Gasteiger charge is 2.37. The molecule has 0 aromatic carbocycles. The molecule has 0 bridgehead atoms. The van der Waals surface area contributed by atoms with E-state index < -0.39 is 36.2 Å². The molecule has 0 saturated carbocycles. The van der Waals surface area contributed by atoms with Crippen LogP contribution >= 0.6 is 0 Å². The summed E-state index contributed by atoms with van der Waals surface area (Å²) < 4.78 is 23.2. The van der Waals surface area contributed by atoms with E-state index in [2.05, 4.69) is 0 Å². The van der Waals surface area contributed by atoms with E-state index in [0.29, 0.717) is 16.8 Å². The van der Waals surface area contributed by atoms with E-state index >= 15 is 0 Å². The summed E-state index contributed by atoms with van der Waals surface area (Å²) in [5, 5.41) is 0. The fourth-order valence-electron chi connectivity index (χ4n) is 3.32. The second kappa shape index (κ2) is 12.0. The SMILES string of the molecule is C/C=C(/COC(=O)C=C(C)C)C(=O)OCc1ccn2c1[C@@H](OC(=O)/C(C)=C/C)C[C@H]2OC(C)=O. The largest absolute Gasteiger partial charge is 0.457 e. The molecule has 0 radical (unpaired) electrons. The molecule has 0 amide bonds. The Morgan fingerprint density at radius 2 is 1.71 bits per heavy atom. The smallest absolute Gasteiger partial charge is 0.337 e. The zero-order valence-corrected chi connectivity index (χ0v) is 20.4. The number of hydrogen-bond donors (Lipinski definition) is 0. The van der Waals surface area contributed by atoms with E-state index in [1.54, 1.807) is 57.5 Å². The zero-order valence-electron chi connectivity index (χ0n) is 20.4. The Bertz CT molecular complexity index is 1040. The predicted octanol–water partition coefficient (Wildman–Crippen LogP) is 4.00. The lowest BCUT2D eigenvalue weighted by Crippen LogP contribution is -2.16. The van der Waals surface area contributed by atoms with E-state index in [0.717, 1.165) is 5.57 Å². The van der Waals surface area contributed by atoms with Crippen LogP contribution in [-0.2, 0) is 44.7 Å². The molecule has 1 aliphatic heterocycles. The van der Waals surface area contributed by atoms with Crippen LogP contribution in [0.3, 0.4) is 0 Å². The summed E-state index contributed by atoms with van der Waals surface area (Å²) in [5.74, 6) is -2.13. The molecule has 184 valence electrons. The summed E-state index contributed by atoms with van der Waals surface area (Å²) >= 11 is 0. The quantitative estimate of drug-likeness (QED) is 0.301. The van der Waals surface area contributed by atoms with Crippen LogP contribution in [0.5, 0.6) is 0 Å². The van der Waals surface area contributed by atoms with Gasteiger partial charge in [-0.25, -0.2) is 14.4 Å². The van der Waals surface area contributed by atoms with Gasteiger partial charge in [0, 0.05) is 36.8 Å². The number of carbonyl (C=O) groups is 4. The number of allylic oxidation sites excluding steroid dienone is 3. The monoisotopic (exact) mass is 473 g/mol. The van der Waals surface area contributed by atoms with E-state index in [1.807, 2.05) is 0 Å². The standard InChI is InChI=1S/C25H31NO8/c1-7-16(5)24(29)34-20-12-21(33-17(6)27)26-10-9-19(23(20)26)14-32-25(30)18(8-2)13-31-22(28)11-15(3)4/h7-11,20-21H,12-14H2,1-6H3/b16-7+,18-8-/t20-,21+/m0/s1. The van der Waals surface area contributed by atoms with Crippen molar-refractivity contribution in [1.82, 2.24) is 4.57 Å². The molecule has 1 aromatic heterocycles. The molecule has 2 rings (SSSR count). The number of carbonyl (C=O) groups excluding carboxylic acids is 4. The summed E-state index contributed by atoms with van der Waals surface area (Å²) in [6.07, 6.45) is 5.12. The second-order valence-electron chi connectivity index (χ2n) is 8.02. The maximum Gasteiger partial charge on any atom is 0.337 e. The minimum Gasteiger partial charge on any atom is -0.457 e. The number of nitrogens with zero attached hydrogens (tertiary/aromatic N) is 1. The molecular weight excluding hydrogens is 442 g/mol. The Morgan fingerprint density at radius 3 is 2.29 bits per heavy atom. The highest BCUT2D eigenvalue weighted by Crippen LogP contribution is 2.41. The maximum absolute atomic E-state index is 12.5. The lowest BCUT2D eigenvalue weighted by Gasteiger charge is -2.15. The fourth-order valence-corrected chi connectivity index (χ4v) is 3.32. The fraction of sp³-hybridized carbons (Fsp3) is 0.440. The first kappa shape index (κ1) is 26.6. The van der Waals surface area contributed by atoms with Crippen LogP contribution in [0.15, 0.2) is 47.2 Å². The lowest BCUT2D eigenvalue weighted by atomic mass is 10.1. The molecule has 1 aromatic rings. The van der Waals surface area contributed by atoms with Crippen LogP contribution in [0.4, 0.5) is 0 Å². The van der Waals surface area contributed by atoms with Crippen LogP contribution in [0.1, 0.15) is 71.6 Å². The van der Waals surface area contributed by atoms with Crippen molar-refractivity contribution in [2.75, 3.05) is 6.61 Å². The zero-order chi connectivity index (χ0) is 25.4. The Morgan fingerprint density at radius 1 is 1.00 bits per heavy atom. The Kier molecular flexibility index (Phi) is 9.41. The molecule has 0 N–H and O–H groups in total. The van der Waals surface area contributed by atoms with Gasteiger partial charge in [-0.15, -0.1) is 0 Å². The molecule has 9 heteroatoms. The molecule has 1 aliphatic rings. The Hall–Kier alpha value is -3.62. The average Bonchev–Trinajstić information content (AvgIpc) is 3.32. The van der Waals surface area contributed by atoms with Crippen molar-refractivity contribution in [2.24, 2.45) is 0 Å². The minimum absolute atomic E-state index is 0.107. The molecule has 0 aliphatic carbocycles. The van der Waals surface area contributed by atoms with Crippen molar-refractivity contribution in [3.63, 3.8) is 0 Å². The molecule has 0 spiro atoms. The van der Waals surface area contributed by atoms with Gasteiger partial charge < -0.3 is 23.5 Å². The predicted molar refractivity (Wildman–Crippen MR) is 122 cm³/mol. The van der Waals surface area contributed by atoms with E-state index in [4.69, 9.17) is 18.9 Å². The van der Waals surface area contributed by atoms with E-state index in [9.17, 15) is 19.2 Å². The number of aromatic nitrogens is 1. The molecule has 2 atom stereocenters. The number of ether oxygens (including phenoxy) is 4. The summed E-state index contributed by atoms with van der Waals surface area (Å²) in [5.41, 5.74) is 2.62. The summed E-state index contributed by atoms with van der Waals surface area (Å²) in [4.78, 5) is 48.1. The maximum atomic E-state index is 12.5.